The minimum atomic E-state index is -3.68. The zero-order valence-corrected chi connectivity index (χ0v) is 18.9. The first-order valence-electron chi connectivity index (χ1n) is 9.77. The summed E-state index contributed by atoms with van der Waals surface area (Å²) in [7, 11) is -3.68. The quantitative estimate of drug-likeness (QED) is 0.688. The van der Waals surface area contributed by atoms with Gasteiger partial charge in [0.05, 0.1) is 15.5 Å². The molecule has 0 bridgehead atoms. The maximum absolute atomic E-state index is 12.6. The fraction of sp³-hybridized carbons (Fsp3) is 0.286. The van der Waals surface area contributed by atoms with Crippen LogP contribution >= 0.6 is 11.6 Å². The van der Waals surface area contributed by atoms with Crippen molar-refractivity contribution in [3.63, 3.8) is 0 Å². The summed E-state index contributed by atoms with van der Waals surface area (Å²) in [6.45, 7) is 6.45. The van der Waals surface area contributed by atoms with Crippen LogP contribution in [0.1, 0.15) is 36.7 Å². The Hall–Kier alpha value is -2.91. The summed E-state index contributed by atoms with van der Waals surface area (Å²) < 4.78 is 26.7. The van der Waals surface area contributed by atoms with E-state index in [0.717, 1.165) is 0 Å². The van der Waals surface area contributed by atoms with Crippen molar-refractivity contribution in [1.29, 1.82) is 0 Å². The van der Waals surface area contributed by atoms with E-state index in [1.807, 2.05) is 13.8 Å². The van der Waals surface area contributed by atoms with E-state index in [9.17, 15) is 18.0 Å². The zero-order valence-electron chi connectivity index (χ0n) is 17.3. The number of amidine groups is 1. The van der Waals surface area contributed by atoms with Gasteiger partial charge in [0.2, 0.25) is 5.91 Å². The molecule has 0 radical (unpaired) electrons. The van der Waals surface area contributed by atoms with Crippen molar-refractivity contribution < 1.29 is 18.0 Å². The second-order valence-corrected chi connectivity index (χ2v) is 8.97. The van der Waals surface area contributed by atoms with Crippen molar-refractivity contribution in [2.45, 2.75) is 31.7 Å². The third kappa shape index (κ3) is 4.72. The van der Waals surface area contributed by atoms with Gasteiger partial charge in [0.1, 0.15) is 11.9 Å². The van der Waals surface area contributed by atoms with Gasteiger partial charge in [-0.2, -0.15) is 0 Å². The first kappa shape index (κ1) is 22.8. The number of rotatable bonds is 6. The number of nitrogens with one attached hydrogen (secondary N) is 2. The van der Waals surface area contributed by atoms with Gasteiger partial charge in [0.15, 0.2) is 0 Å². The average molecular weight is 463 g/mol. The van der Waals surface area contributed by atoms with Crippen LogP contribution in [0.3, 0.4) is 0 Å². The van der Waals surface area contributed by atoms with Crippen LogP contribution in [-0.2, 0) is 14.8 Å². The summed E-state index contributed by atoms with van der Waals surface area (Å²) >= 11 is 6.27. The van der Waals surface area contributed by atoms with E-state index < -0.39 is 22.0 Å². The fourth-order valence-corrected chi connectivity index (χ4v) is 4.68. The molecule has 0 aliphatic carbocycles. The Balaban J connectivity index is 1.76. The fourth-order valence-electron chi connectivity index (χ4n) is 3.18. The number of nitrogens with zero attached hydrogens (tertiary/aromatic N) is 2. The number of hydrogen-bond acceptors (Lipinski definition) is 5. The Bertz CT molecular complexity index is 1160. The molecule has 2 aromatic carbocycles. The van der Waals surface area contributed by atoms with Crippen molar-refractivity contribution in [2.75, 3.05) is 18.4 Å². The second kappa shape index (κ2) is 9.07. The highest BCUT2D eigenvalue weighted by atomic mass is 35.5. The molecule has 0 unspecified atom stereocenters. The van der Waals surface area contributed by atoms with Crippen LogP contribution < -0.4 is 10.0 Å². The van der Waals surface area contributed by atoms with Crippen molar-refractivity contribution >= 4 is 45.0 Å². The number of sulfonamides is 1. The lowest BCUT2D eigenvalue weighted by atomic mass is 10.1. The average Bonchev–Trinajstić information content (AvgIpc) is 2.99. The molecule has 1 aliphatic heterocycles. The summed E-state index contributed by atoms with van der Waals surface area (Å²) in [5.74, 6) is -0.508. The molecule has 2 aromatic rings. The number of carbonyl (C=O) groups is 2. The first-order valence-corrected chi connectivity index (χ1v) is 11.6. The normalized spacial score (nSPS) is 16.3. The SMILES string of the molecule is CCN(CC)C(=O)c1ccc(NC(=O)[C@H](C)N=C2NS(=O)(=O)c3ccccc32)cc1Cl. The molecule has 0 aromatic heterocycles. The summed E-state index contributed by atoms with van der Waals surface area (Å²) in [4.78, 5) is 31.1. The van der Waals surface area contributed by atoms with Crippen molar-refractivity contribution in [3.05, 3.63) is 58.6 Å². The van der Waals surface area contributed by atoms with Crippen LogP contribution in [0.5, 0.6) is 0 Å². The van der Waals surface area contributed by atoms with Crippen molar-refractivity contribution in [3.8, 4) is 0 Å². The van der Waals surface area contributed by atoms with E-state index in [-0.39, 0.29) is 21.7 Å². The molecule has 0 spiro atoms. The van der Waals surface area contributed by atoms with Gasteiger partial charge in [0.25, 0.3) is 15.9 Å². The molecule has 10 heteroatoms. The smallest absolute Gasteiger partial charge is 0.263 e. The van der Waals surface area contributed by atoms with E-state index in [0.29, 0.717) is 29.9 Å². The van der Waals surface area contributed by atoms with E-state index in [2.05, 4.69) is 15.0 Å². The highest BCUT2D eigenvalue weighted by Crippen LogP contribution is 2.24. The number of carbonyl (C=O) groups excluding carboxylic acids is 2. The van der Waals surface area contributed by atoms with Crippen LogP contribution in [-0.4, -0.2) is 50.1 Å². The summed E-state index contributed by atoms with van der Waals surface area (Å²) in [5, 5.41) is 2.92. The Kier molecular flexibility index (Phi) is 6.66. The number of halogens is 1. The first-order chi connectivity index (χ1) is 14.7. The molecular weight excluding hydrogens is 440 g/mol. The molecule has 2 N–H and O–H groups in total. The lowest BCUT2D eigenvalue weighted by Crippen LogP contribution is -2.31. The maximum Gasteiger partial charge on any atom is 0.263 e. The molecule has 0 fully saturated rings. The summed E-state index contributed by atoms with van der Waals surface area (Å²) in [6, 6.07) is 10.2. The number of fused-ring (bicyclic) bond motifs is 1. The van der Waals surface area contributed by atoms with Gasteiger partial charge in [-0.15, -0.1) is 0 Å². The van der Waals surface area contributed by atoms with Crippen LogP contribution in [0.2, 0.25) is 5.02 Å². The summed E-state index contributed by atoms with van der Waals surface area (Å²) in [6.07, 6.45) is 0. The molecular formula is C21H23ClN4O4S. The number of hydrogen-bond donors (Lipinski definition) is 2. The van der Waals surface area contributed by atoms with Gasteiger partial charge in [-0.3, -0.25) is 19.3 Å². The zero-order chi connectivity index (χ0) is 22.8. The lowest BCUT2D eigenvalue weighted by Gasteiger charge is -2.19. The third-order valence-corrected chi connectivity index (χ3v) is 6.59. The van der Waals surface area contributed by atoms with Crippen LogP contribution in [0.25, 0.3) is 0 Å². The van der Waals surface area contributed by atoms with Crippen molar-refractivity contribution in [1.82, 2.24) is 9.62 Å². The highest BCUT2D eigenvalue weighted by molar-refractivity contribution is 7.90. The lowest BCUT2D eigenvalue weighted by molar-refractivity contribution is -0.117. The van der Waals surface area contributed by atoms with Crippen LogP contribution in [0.15, 0.2) is 52.4 Å². The summed E-state index contributed by atoms with van der Waals surface area (Å²) in [5.41, 5.74) is 1.18. The van der Waals surface area contributed by atoms with Gasteiger partial charge in [-0.1, -0.05) is 23.7 Å². The van der Waals surface area contributed by atoms with Crippen LogP contribution in [0.4, 0.5) is 5.69 Å². The van der Waals surface area contributed by atoms with Gasteiger partial charge >= 0.3 is 0 Å². The van der Waals surface area contributed by atoms with Gasteiger partial charge in [0, 0.05) is 24.3 Å². The molecule has 164 valence electrons. The molecule has 0 saturated heterocycles. The number of aliphatic imine (C=N–C) groups is 1. The van der Waals surface area contributed by atoms with E-state index >= 15 is 0 Å². The Morgan fingerprint density at radius 3 is 2.48 bits per heavy atom. The van der Waals surface area contributed by atoms with Crippen molar-refractivity contribution in [2.24, 2.45) is 4.99 Å². The Morgan fingerprint density at radius 2 is 1.84 bits per heavy atom. The molecule has 0 saturated carbocycles. The molecule has 1 aliphatic rings. The number of amides is 2. The maximum atomic E-state index is 12.6. The minimum Gasteiger partial charge on any atom is -0.339 e. The molecule has 8 nitrogen and oxygen atoms in total. The highest BCUT2D eigenvalue weighted by Gasteiger charge is 2.31. The number of anilines is 1. The third-order valence-electron chi connectivity index (χ3n) is 4.88. The molecule has 3 rings (SSSR count). The van der Waals surface area contributed by atoms with E-state index in [1.54, 1.807) is 42.2 Å². The van der Waals surface area contributed by atoms with E-state index in [4.69, 9.17) is 11.6 Å². The predicted octanol–water partition coefficient (Wildman–Crippen LogP) is 2.89. The number of benzene rings is 2. The van der Waals surface area contributed by atoms with Gasteiger partial charge < -0.3 is 10.2 Å². The molecule has 31 heavy (non-hydrogen) atoms. The van der Waals surface area contributed by atoms with Gasteiger partial charge in [-0.05, 0) is 51.1 Å². The Labute approximate surface area is 186 Å². The molecule has 1 heterocycles. The topological polar surface area (TPSA) is 108 Å². The largest absolute Gasteiger partial charge is 0.339 e. The standard InChI is InChI=1S/C21H23ClN4O4S/c1-4-26(5-2)21(28)15-11-10-14(12-17(15)22)24-20(27)13(3)23-19-16-8-6-7-9-18(16)31(29,30)25-19/h6-13H,4-5H2,1-3H3,(H,23,25)(H,24,27)/t13-/m0/s1. The molecule has 2 amide bonds. The van der Waals surface area contributed by atoms with E-state index in [1.165, 1.54) is 12.1 Å². The Morgan fingerprint density at radius 1 is 1.16 bits per heavy atom. The van der Waals surface area contributed by atoms with Crippen LogP contribution in [0, 0.1) is 0 Å². The second-order valence-electron chi connectivity index (χ2n) is 6.92. The monoisotopic (exact) mass is 462 g/mol. The van der Waals surface area contributed by atoms with Gasteiger partial charge in [-0.25, -0.2) is 8.42 Å². The predicted molar refractivity (Wildman–Crippen MR) is 120 cm³/mol. The molecule has 1 atom stereocenters. The minimum absolute atomic E-state index is 0.122.